The molecule has 2 rings (SSSR count). The number of benzene rings is 1. The van der Waals surface area contributed by atoms with Gasteiger partial charge in [0.2, 0.25) is 11.8 Å². The number of amides is 2. The van der Waals surface area contributed by atoms with Crippen LogP contribution in [0.3, 0.4) is 0 Å². The third-order valence-electron chi connectivity index (χ3n) is 3.93. The zero-order chi connectivity index (χ0) is 17.4. The van der Waals surface area contributed by atoms with Gasteiger partial charge in [-0.2, -0.15) is 0 Å². The maximum absolute atomic E-state index is 12.3. The Labute approximate surface area is 143 Å². The van der Waals surface area contributed by atoms with Crippen molar-refractivity contribution < 1.29 is 14.3 Å². The van der Waals surface area contributed by atoms with Crippen LogP contribution in [0.4, 0.5) is 11.4 Å². The van der Waals surface area contributed by atoms with Gasteiger partial charge in [0.1, 0.15) is 0 Å². The second-order valence-electron chi connectivity index (χ2n) is 5.67. The summed E-state index contributed by atoms with van der Waals surface area (Å²) >= 11 is 0. The van der Waals surface area contributed by atoms with Crippen LogP contribution < -0.4 is 10.2 Å². The van der Waals surface area contributed by atoms with E-state index in [1.54, 1.807) is 11.0 Å². The first-order chi connectivity index (χ1) is 11.6. The first-order valence-corrected chi connectivity index (χ1v) is 8.20. The summed E-state index contributed by atoms with van der Waals surface area (Å²) in [4.78, 5) is 27.6. The number of carbonyl (C=O) groups is 2. The van der Waals surface area contributed by atoms with Crippen molar-refractivity contribution in [3.8, 4) is 0 Å². The van der Waals surface area contributed by atoms with Crippen molar-refractivity contribution in [2.45, 2.75) is 13.3 Å². The Kier molecular flexibility index (Phi) is 6.81. The molecule has 2 amide bonds. The molecule has 0 bridgehead atoms. The van der Waals surface area contributed by atoms with Crippen LogP contribution in [0.25, 0.3) is 0 Å². The topological polar surface area (TPSA) is 61.9 Å². The van der Waals surface area contributed by atoms with E-state index in [1.807, 2.05) is 24.3 Å². The molecule has 1 saturated heterocycles. The van der Waals surface area contributed by atoms with Crippen molar-refractivity contribution in [2.75, 3.05) is 49.6 Å². The molecule has 0 aliphatic carbocycles. The van der Waals surface area contributed by atoms with Crippen LogP contribution >= 0.6 is 0 Å². The lowest BCUT2D eigenvalue weighted by Gasteiger charge is -2.30. The Hall–Kier alpha value is -2.34. The number of morpholine rings is 1. The minimum atomic E-state index is -0.106. The Balaban J connectivity index is 1.96. The van der Waals surface area contributed by atoms with E-state index in [2.05, 4.69) is 16.8 Å². The van der Waals surface area contributed by atoms with Crippen LogP contribution in [-0.4, -0.2) is 56.1 Å². The number of ether oxygens (including phenoxy) is 1. The van der Waals surface area contributed by atoms with Gasteiger partial charge in [-0.25, -0.2) is 0 Å². The molecule has 0 atom stereocenters. The van der Waals surface area contributed by atoms with Gasteiger partial charge < -0.3 is 19.9 Å². The second kappa shape index (κ2) is 9.08. The van der Waals surface area contributed by atoms with Gasteiger partial charge in [-0.1, -0.05) is 18.2 Å². The number of hydrogen-bond donors (Lipinski definition) is 1. The minimum absolute atomic E-state index is 0.0589. The van der Waals surface area contributed by atoms with Crippen LogP contribution in [0.15, 0.2) is 36.9 Å². The second-order valence-corrected chi connectivity index (χ2v) is 5.67. The highest BCUT2D eigenvalue weighted by Gasteiger charge is 2.16. The highest BCUT2D eigenvalue weighted by atomic mass is 16.5. The number of anilines is 2. The van der Waals surface area contributed by atoms with E-state index in [4.69, 9.17) is 4.74 Å². The number of rotatable bonds is 7. The normalized spacial score (nSPS) is 14.1. The van der Waals surface area contributed by atoms with Gasteiger partial charge in [0, 0.05) is 39.5 Å². The number of para-hydroxylation sites is 2. The lowest BCUT2D eigenvalue weighted by atomic mass is 10.2. The number of nitrogens with one attached hydrogen (secondary N) is 1. The molecular weight excluding hydrogens is 306 g/mol. The van der Waals surface area contributed by atoms with Crippen LogP contribution in [-0.2, 0) is 14.3 Å². The lowest BCUT2D eigenvalue weighted by Crippen LogP contribution is -2.37. The summed E-state index contributed by atoms with van der Waals surface area (Å²) in [5.74, 6) is -0.164. The SMILES string of the molecule is C=CCN(CCC(=O)Nc1ccccc1N1CCOCC1)C(C)=O. The van der Waals surface area contributed by atoms with E-state index in [1.165, 1.54) is 6.92 Å². The number of hydrogen-bond acceptors (Lipinski definition) is 4. The van der Waals surface area contributed by atoms with Crippen molar-refractivity contribution in [2.24, 2.45) is 0 Å². The smallest absolute Gasteiger partial charge is 0.226 e. The zero-order valence-corrected chi connectivity index (χ0v) is 14.2. The van der Waals surface area contributed by atoms with Gasteiger partial charge in [0.05, 0.1) is 24.6 Å². The maximum atomic E-state index is 12.3. The fourth-order valence-corrected chi connectivity index (χ4v) is 2.64. The maximum Gasteiger partial charge on any atom is 0.226 e. The van der Waals surface area contributed by atoms with Crippen molar-refractivity contribution in [1.29, 1.82) is 0 Å². The van der Waals surface area contributed by atoms with E-state index in [0.29, 0.717) is 26.3 Å². The summed E-state index contributed by atoms with van der Waals surface area (Å²) in [5.41, 5.74) is 1.80. The molecule has 0 radical (unpaired) electrons. The minimum Gasteiger partial charge on any atom is -0.378 e. The lowest BCUT2D eigenvalue weighted by molar-refractivity contribution is -0.128. The third-order valence-corrected chi connectivity index (χ3v) is 3.93. The van der Waals surface area contributed by atoms with Crippen LogP contribution in [0.5, 0.6) is 0 Å². The molecule has 130 valence electrons. The molecule has 24 heavy (non-hydrogen) atoms. The van der Waals surface area contributed by atoms with E-state index < -0.39 is 0 Å². The van der Waals surface area contributed by atoms with Crippen LogP contribution in [0, 0.1) is 0 Å². The van der Waals surface area contributed by atoms with Gasteiger partial charge in [0.15, 0.2) is 0 Å². The number of nitrogens with zero attached hydrogens (tertiary/aromatic N) is 2. The molecule has 6 nitrogen and oxygen atoms in total. The van der Waals surface area contributed by atoms with Gasteiger partial charge in [0.25, 0.3) is 0 Å². The van der Waals surface area contributed by atoms with Crippen LogP contribution in [0.1, 0.15) is 13.3 Å². The fourth-order valence-electron chi connectivity index (χ4n) is 2.64. The molecule has 1 aliphatic rings. The Bertz CT molecular complexity index is 583. The molecule has 0 saturated carbocycles. The van der Waals surface area contributed by atoms with Gasteiger partial charge in [-0.15, -0.1) is 6.58 Å². The Morgan fingerprint density at radius 3 is 2.71 bits per heavy atom. The number of carbonyl (C=O) groups excluding carboxylic acids is 2. The van der Waals surface area contributed by atoms with E-state index >= 15 is 0 Å². The fraction of sp³-hybridized carbons (Fsp3) is 0.444. The van der Waals surface area contributed by atoms with Gasteiger partial charge in [-0.05, 0) is 12.1 Å². The molecule has 1 aliphatic heterocycles. The van der Waals surface area contributed by atoms with Crippen molar-refractivity contribution in [1.82, 2.24) is 4.90 Å². The first-order valence-electron chi connectivity index (χ1n) is 8.20. The Morgan fingerprint density at radius 1 is 1.33 bits per heavy atom. The molecule has 0 aromatic heterocycles. The third kappa shape index (κ3) is 5.09. The molecule has 1 heterocycles. The highest BCUT2D eigenvalue weighted by molar-refractivity contribution is 5.94. The van der Waals surface area contributed by atoms with E-state index in [-0.39, 0.29) is 18.2 Å². The summed E-state index contributed by atoms with van der Waals surface area (Å²) in [6.45, 7) is 8.96. The molecule has 1 aromatic rings. The first kappa shape index (κ1) is 18.0. The molecule has 0 unspecified atom stereocenters. The molecule has 1 aromatic carbocycles. The molecular formula is C18H25N3O3. The average molecular weight is 331 g/mol. The van der Waals surface area contributed by atoms with Crippen molar-refractivity contribution in [3.05, 3.63) is 36.9 Å². The monoisotopic (exact) mass is 331 g/mol. The highest BCUT2D eigenvalue weighted by Crippen LogP contribution is 2.26. The van der Waals surface area contributed by atoms with Gasteiger partial charge in [-0.3, -0.25) is 9.59 Å². The molecule has 0 spiro atoms. The van der Waals surface area contributed by atoms with Gasteiger partial charge >= 0.3 is 0 Å². The molecule has 1 fully saturated rings. The summed E-state index contributed by atoms with van der Waals surface area (Å²) in [7, 11) is 0. The Morgan fingerprint density at radius 2 is 2.04 bits per heavy atom. The standard InChI is InChI=1S/C18H25N3O3/c1-3-9-20(15(2)22)10-8-18(23)19-16-6-4-5-7-17(16)21-11-13-24-14-12-21/h3-7H,1,8-14H2,2H3,(H,19,23). The van der Waals surface area contributed by atoms with E-state index in [0.717, 1.165) is 24.5 Å². The summed E-state index contributed by atoms with van der Waals surface area (Å²) in [5, 5.41) is 2.96. The van der Waals surface area contributed by atoms with Crippen molar-refractivity contribution in [3.63, 3.8) is 0 Å². The zero-order valence-electron chi connectivity index (χ0n) is 14.2. The predicted molar refractivity (Wildman–Crippen MR) is 95.2 cm³/mol. The summed E-state index contributed by atoms with van der Waals surface area (Å²) in [6.07, 6.45) is 1.91. The van der Waals surface area contributed by atoms with E-state index in [9.17, 15) is 9.59 Å². The molecule has 6 heteroatoms. The van der Waals surface area contributed by atoms with Crippen LogP contribution in [0.2, 0.25) is 0 Å². The molecule has 1 N–H and O–H groups in total. The largest absolute Gasteiger partial charge is 0.378 e. The quantitative estimate of drug-likeness (QED) is 0.775. The summed E-state index contributed by atoms with van der Waals surface area (Å²) < 4.78 is 5.38. The van der Waals surface area contributed by atoms with Crippen molar-refractivity contribution >= 4 is 23.2 Å². The average Bonchev–Trinajstić information content (AvgIpc) is 2.59. The predicted octanol–water partition coefficient (Wildman–Crippen LogP) is 1.89. The summed E-state index contributed by atoms with van der Waals surface area (Å²) in [6, 6.07) is 7.76.